The van der Waals surface area contributed by atoms with Crippen molar-refractivity contribution >= 4 is 21.0 Å². The predicted molar refractivity (Wildman–Crippen MR) is 47.2 cm³/mol. The summed E-state index contributed by atoms with van der Waals surface area (Å²) in [5.74, 6) is -1.53. The van der Waals surface area contributed by atoms with Crippen molar-refractivity contribution in [3.8, 4) is 0 Å². The molecule has 10 heteroatoms. The van der Waals surface area contributed by atoms with Crippen LogP contribution in [0, 0.1) is 5.82 Å². The average molecular weight is 294 g/mol. The summed E-state index contributed by atoms with van der Waals surface area (Å²) >= 11 is 0. The maximum absolute atomic E-state index is 12.9. The molecule has 17 heavy (non-hydrogen) atoms. The second-order valence-corrected chi connectivity index (χ2v) is 5.53. The average Bonchev–Trinajstić information content (AvgIpc) is 2.14. The van der Waals surface area contributed by atoms with Crippen LogP contribution in [0.15, 0.2) is 28.0 Å². The fraction of sp³-hybridized carbons (Fsp3) is 0.143. The monoisotopic (exact) mass is 294 g/mol. The molecule has 0 N–H and O–H groups in total. The molecule has 0 spiro atoms. The van der Waals surface area contributed by atoms with Gasteiger partial charge in [0.2, 0.25) is 0 Å². The lowest BCUT2D eigenvalue weighted by Gasteiger charge is -2.07. The van der Waals surface area contributed by atoms with Gasteiger partial charge in [0.15, 0.2) is 10.8 Å². The van der Waals surface area contributed by atoms with Gasteiger partial charge in [0.1, 0.15) is 5.82 Å². The second kappa shape index (κ2) is 4.33. The van der Waals surface area contributed by atoms with E-state index < -0.39 is 42.1 Å². The normalized spacial score (nSPS) is 14.6. The molecular weight excluding hydrogens is 291 g/mol. The summed E-state index contributed by atoms with van der Waals surface area (Å²) in [6, 6.07) is 0.779. The number of hydrogen-bond donors (Lipinski definition) is 0. The van der Waals surface area contributed by atoms with Crippen LogP contribution in [-0.2, 0) is 21.0 Å². The third-order valence-electron chi connectivity index (χ3n) is 1.59. The van der Waals surface area contributed by atoms with E-state index in [1.165, 1.54) is 0 Å². The SMILES string of the molecule is O=S(c1cc(S(=O)(=O)F)ccc1F)C(F)(F)F. The van der Waals surface area contributed by atoms with Crippen LogP contribution in [0.3, 0.4) is 0 Å². The molecule has 96 valence electrons. The lowest BCUT2D eigenvalue weighted by molar-refractivity contribution is -0.0386. The first-order chi connectivity index (χ1) is 7.53. The maximum atomic E-state index is 12.9. The predicted octanol–water partition coefficient (Wildman–Crippen LogP) is 2.11. The first kappa shape index (κ1) is 14.0. The standard InChI is InChI=1S/C7H3F5O3S2/c8-5-2-1-4(17(12,14)15)3-6(5)16(13)7(9,10)11/h1-3H. The molecule has 1 unspecified atom stereocenters. The Hall–Kier alpha value is -1.03. The number of alkyl halides is 3. The zero-order valence-electron chi connectivity index (χ0n) is 7.66. The van der Waals surface area contributed by atoms with Crippen molar-refractivity contribution in [2.75, 3.05) is 0 Å². The molecule has 0 aromatic heterocycles. The van der Waals surface area contributed by atoms with Gasteiger partial charge in [0, 0.05) is 0 Å². The molecule has 1 aromatic carbocycles. The number of benzene rings is 1. The summed E-state index contributed by atoms with van der Waals surface area (Å²) in [4.78, 5) is -2.62. The molecule has 0 saturated carbocycles. The van der Waals surface area contributed by atoms with Gasteiger partial charge < -0.3 is 0 Å². The van der Waals surface area contributed by atoms with Gasteiger partial charge in [0.05, 0.1) is 9.79 Å². The van der Waals surface area contributed by atoms with Crippen LogP contribution in [0.5, 0.6) is 0 Å². The van der Waals surface area contributed by atoms with Gasteiger partial charge in [-0.15, -0.1) is 3.89 Å². The summed E-state index contributed by atoms with van der Waals surface area (Å²) in [5.41, 5.74) is -5.26. The second-order valence-electron chi connectivity index (χ2n) is 2.74. The Morgan fingerprint density at radius 3 is 2.12 bits per heavy atom. The molecule has 1 atom stereocenters. The molecule has 0 fully saturated rings. The first-order valence-electron chi connectivity index (χ1n) is 3.76. The van der Waals surface area contributed by atoms with Gasteiger partial charge in [-0.3, -0.25) is 0 Å². The molecule has 0 saturated heterocycles. The Balaban J connectivity index is 3.40. The van der Waals surface area contributed by atoms with Crippen LogP contribution in [0.1, 0.15) is 0 Å². The summed E-state index contributed by atoms with van der Waals surface area (Å²) in [6.07, 6.45) is 0. The van der Waals surface area contributed by atoms with Crippen molar-refractivity contribution < 1.29 is 34.1 Å². The number of halogens is 5. The van der Waals surface area contributed by atoms with E-state index in [-0.39, 0.29) is 6.07 Å². The minimum absolute atomic E-state index is 0.0499. The Bertz CT molecular complexity index is 563. The Morgan fingerprint density at radius 2 is 1.71 bits per heavy atom. The van der Waals surface area contributed by atoms with Crippen LogP contribution in [0.25, 0.3) is 0 Å². The quantitative estimate of drug-likeness (QED) is 0.620. The van der Waals surface area contributed by atoms with E-state index >= 15 is 0 Å². The Labute approximate surface area is 94.9 Å². The fourth-order valence-electron chi connectivity index (χ4n) is 0.902. The summed E-state index contributed by atoms with van der Waals surface area (Å²) in [5, 5.41) is 0. The molecule has 0 heterocycles. The van der Waals surface area contributed by atoms with Crippen molar-refractivity contribution in [1.82, 2.24) is 0 Å². The van der Waals surface area contributed by atoms with Gasteiger partial charge in [-0.1, -0.05) is 0 Å². The minimum Gasteiger partial charge on any atom is -0.245 e. The van der Waals surface area contributed by atoms with Crippen molar-refractivity contribution in [2.45, 2.75) is 15.3 Å². The van der Waals surface area contributed by atoms with E-state index in [4.69, 9.17) is 0 Å². The minimum atomic E-state index is -5.29. The first-order valence-corrected chi connectivity index (χ1v) is 6.29. The fourth-order valence-corrected chi connectivity index (χ4v) is 2.19. The van der Waals surface area contributed by atoms with E-state index in [9.17, 15) is 34.1 Å². The van der Waals surface area contributed by atoms with Crippen LogP contribution < -0.4 is 0 Å². The molecule has 0 amide bonds. The van der Waals surface area contributed by atoms with Crippen LogP contribution in [0.2, 0.25) is 0 Å². The summed E-state index contributed by atoms with van der Waals surface area (Å²) in [7, 11) is -9.05. The van der Waals surface area contributed by atoms with E-state index in [0.29, 0.717) is 12.1 Å². The third-order valence-corrected chi connectivity index (χ3v) is 3.54. The molecule has 0 aliphatic heterocycles. The van der Waals surface area contributed by atoms with Crippen molar-refractivity contribution in [3.05, 3.63) is 24.0 Å². The molecule has 0 aliphatic rings. The van der Waals surface area contributed by atoms with E-state index in [2.05, 4.69) is 0 Å². The Kier molecular flexibility index (Phi) is 3.58. The van der Waals surface area contributed by atoms with E-state index in [1.54, 1.807) is 0 Å². The molecule has 0 aliphatic carbocycles. The highest BCUT2D eigenvalue weighted by molar-refractivity contribution is 7.87. The van der Waals surface area contributed by atoms with Crippen LogP contribution in [0.4, 0.5) is 21.4 Å². The molecule has 0 radical (unpaired) electrons. The van der Waals surface area contributed by atoms with Gasteiger partial charge in [0.25, 0.3) is 0 Å². The van der Waals surface area contributed by atoms with Crippen molar-refractivity contribution in [1.29, 1.82) is 0 Å². The van der Waals surface area contributed by atoms with E-state index in [1.807, 2.05) is 0 Å². The van der Waals surface area contributed by atoms with E-state index in [0.717, 1.165) is 0 Å². The molecule has 0 bridgehead atoms. The maximum Gasteiger partial charge on any atom is 0.475 e. The van der Waals surface area contributed by atoms with Crippen molar-refractivity contribution in [2.24, 2.45) is 0 Å². The third kappa shape index (κ3) is 3.22. The smallest absolute Gasteiger partial charge is 0.245 e. The van der Waals surface area contributed by atoms with Crippen molar-refractivity contribution in [3.63, 3.8) is 0 Å². The molecule has 1 aromatic rings. The lowest BCUT2D eigenvalue weighted by atomic mass is 10.3. The van der Waals surface area contributed by atoms with Crippen LogP contribution in [-0.4, -0.2) is 18.1 Å². The van der Waals surface area contributed by atoms with Gasteiger partial charge in [-0.2, -0.15) is 21.6 Å². The lowest BCUT2D eigenvalue weighted by Crippen LogP contribution is -2.17. The van der Waals surface area contributed by atoms with Gasteiger partial charge in [-0.05, 0) is 18.2 Å². The zero-order valence-corrected chi connectivity index (χ0v) is 9.30. The summed E-state index contributed by atoms with van der Waals surface area (Å²) < 4.78 is 93.1. The number of hydrogen-bond acceptors (Lipinski definition) is 3. The zero-order chi connectivity index (χ0) is 13.4. The Morgan fingerprint density at radius 1 is 1.18 bits per heavy atom. The largest absolute Gasteiger partial charge is 0.475 e. The number of rotatable bonds is 2. The van der Waals surface area contributed by atoms with Gasteiger partial charge >= 0.3 is 15.7 Å². The highest BCUT2D eigenvalue weighted by atomic mass is 32.3. The molecular formula is C7H3F5O3S2. The molecule has 1 rings (SSSR count). The van der Waals surface area contributed by atoms with Crippen LogP contribution >= 0.6 is 0 Å². The van der Waals surface area contributed by atoms with Gasteiger partial charge in [-0.25, -0.2) is 8.60 Å². The topological polar surface area (TPSA) is 51.2 Å². The highest BCUT2D eigenvalue weighted by Gasteiger charge is 2.40. The summed E-state index contributed by atoms with van der Waals surface area (Å²) in [6.45, 7) is 0. The highest BCUT2D eigenvalue weighted by Crippen LogP contribution is 2.29. The molecule has 3 nitrogen and oxygen atoms in total.